The van der Waals surface area contributed by atoms with Crippen LogP contribution in [0.15, 0.2) is 53.5 Å². The summed E-state index contributed by atoms with van der Waals surface area (Å²) in [5, 5.41) is 13.0. The van der Waals surface area contributed by atoms with Gasteiger partial charge < -0.3 is 5.32 Å². The zero-order valence-electron chi connectivity index (χ0n) is 13.8. The van der Waals surface area contributed by atoms with Gasteiger partial charge in [0.05, 0.1) is 17.7 Å². The number of hydrogen-bond acceptors (Lipinski definition) is 4. The number of halogens is 1. The maximum Gasteiger partial charge on any atom is 0.246 e. The predicted octanol–water partition coefficient (Wildman–Crippen LogP) is 4.41. The third-order valence-corrected chi connectivity index (χ3v) is 5.76. The summed E-state index contributed by atoms with van der Waals surface area (Å²) in [4.78, 5) is 17.2. The largest absolute Gasteiger partial charge is 0.304 e. The van der Waals surface area contributed by atoms with Gasteiger partial charge in [-0.25, -0.2) is 0 Å². The fourth-order valence-corrected chi connectivity index (χ4v) is 4.08. The van der Waals surface area contributed by atoms with Crippen LogP contribution in [0.1, 0.15) is 36.6 Å². The standard InChI is InChI=1S/C19H16ClN3OS/c1-12(15-5-3-4-6-16(15)20)22-18-23-17(24)19(2,25-18)14-9-7-13(11-21)8-10-14/h3-10,12H,1-2H3,(H,22,23,24)/t12-,19?/m0/s1. The Morgan fingerprint density at radius 3 is 2.56 bits per heavy atom. The fourth-order valence-electron chi connectivity index (χ4n) is 2.65. The van der Waals surface area contributed by atoms with E-state index in [2.05, 4.69) is 16.4 Å². The smallest absolute Gasteiger partial charge is 0.246 e. The molecule has 1 aliphatic heterocycles. The third kappa shape index (κ3) is 3.41. The van der Waals surface area contributed by atoms with E-state index in [0.717, 1.165) is 11.1 Å². The molecule has 6 heteroatoms. The molecular formula is C19H16ClN3OS. The molecule has 0 bridgehead atoms. The molecule has 2 aromatic rings. The quantitative estimate of drug-likeness (QED) is 0.871. The third-order valence-electron chi connectivity index (χ3n) is 4.19. The highest BCUT2D eigenvalue weighted by Crippen LogP contribution is 2.42. The van der Waals surface area contributed by atoms with E-state index in [0.29, 0.717) is 15.8 Å². The van der Waals surface area contributed by atoms with E-state index in [1.54, 1.807) is 12.1 Å². The molecule has 1 heterocycles. The molecule has 0 aromatic heterocycles. The second-order valence-corrected chi connectivity index (χ2v) is 7.72. The van der Waals surface area contributed by atoms with Gasteiger partial charge in [-0.05, 0) is 43.2 Å². The zero-order chi connectivity index (χ0) is 18.0. The topological polar surface area (TPSA) is 65.2 Å². The molecule has 4 nitrogen and oxygen atoms in total. The first-order chi connectivity index (χ1) is 11.9. The monoisotopic (exact) mass is 369 g/mol. The number of nitrogens with one attached hydrogen (secondary N) is 1. The Hall–Kier alpha value is -2.29. The minimum absolute atomic E-state index is 0.118. The van der Waals surface area contributed by atoms with Gasteiger partial charge in [-0.15, -0.1) is 0 Å². The zero-order valence-corrected chi connectivity index (χ0v) is 15.4. The van der Waals surface area contributed by atoms with Crippen molar-refractivity contribution in [1.82, 2.24) is 5.32 Å². The van der Waals surface area contributed by atoms with E-state index in [4.69, 9.17) is 16.9 Å². The number of aliphatic imine (C=N–C) groups is 1. The van der Waals surface area contributed by atoms with E-state index in [1.807, 2.05) is 50.2 Å². The van der Waals surface area contributed by atoms with E-state index in [9.17, 15) is 4.79 Å². The predicted molar refractivity (Wildman–Crippen MR) is 102 cm³/mol. The normalized spacial score (nSPS) is 22.5. The Morgan fingerprint density at radius 1 is 1.24 bits per heavy atom. The number of amidine groups is 1. The van der Waals surface area contributed by atoms with Gasteiger partial charge >= 0.3 is 0 Å². The van der Waals surface area contributed by atoms with Crippen molar-refractivity contribution in [2.24, 2.45) is 4.99 Å². The number of carbonyl (C=O) groups is 1. The molecule has 1 N–H and O–H groups in total. The molecule has 0 saturated carbocycles. The van der Waals surface area contributed by atoms with Crippen LogP contribution < -0.4 is 5.32 Å². The first-order valence-electron chi connectivity index (χ1n) is 7.77. The number of carbonyl (C=O) groups excluding carboxylic acids is 1. The van der Waals surface area contributed by atoms with E-state index < -0.39 is 4.75 Å². The summed E-state index contributed by atoms with van der Waals surface area (Å²) >= 11 is 7.60. The van der Waals surface area contributed by atoms with Gasteiger partial charge in [-0.3, -0.25) is 9.79 Å². The Bertz CT molecular complexity index is 888. The van der Waals surface area contributed by atoms with Gasteiger partial charge in [0, 0.05) is 5.02 Å². The lowest BCUT2D eigenvalue weighted by molar-refractivity contribution is -0.121. The molecule has 1 amide bonds. The van der Waals surface area contributed by atoms with E-state index in [1.165, 1.54) is 11.8 Å². The van der Waals surface area contributed by atoms with Crippen LogP contribution in [0, 0.1) is 11.3 Å². The molecule has 1 fully saturated rings. The summed E-state index contributed by atoms with van der Waals surface area (Å²) in [6.45, 7) is 3.80. The van der Waals surface area contributed by atoms with Crippen molar-refractivity contribution in [3.63, 3.8) is 0 Å². The summed E-state index contributed by atoms with van der Waals surface area (Å²) < 4.78 is -0.771. The van der Waals surface area contributed by atoms with Crippen LogP contribution in [-0.4, -0.2) is 11.1 Å². The number of rotatable bonds is 3. The van der Waals surface area contributed by atoms with Crippen molar-refractivity contribution >= 4 is 34.4 Å². The van der Waals surface area contributed by atoms with Crippen LogP contribution in [0.4, 0.5) is 0 Å². The van der Waals surface area contributed by atoms with Crippen molar-refractivity contribution in [3.05, 3.63) is 70.2 Å². The van der Waals surface area contributed by atoms with Crippen LogP contribution in [0.2, 0.25) is 5.02 Å². The SMILES string of the molecule is C[C@H](N=C1NC(=O)C(C)(c2ccc(C#N)cc2)S1)c1ccccc1Cl. The average Bonchev–Trinajstić information content (AvgIpc) is 2.90. The summed E-state index contributed by atoms with van der Waals surface area (Å²) in [7, 11) is 0. The molecule has 0 radical (unpaired) electrons. The van der Waals surface area contributed by atoms with Crippen LogP contribution in [0.3, 0.4) is 0 Å². The molecular weight excluding hydrogens is 354 g/mol. The number of nitrogens with zero attached hydrogens (tertiary/aromatic N) is 2. The first-order valence-corrected chi connectivity index (χ1v) is 8.97. The van der Waals surface area contributed by atoms with Crippen molar-refractivity contribution < 1.29 is 4.79 Å². The Morgan fingerprint density at radius 2 is 1.92 bits per heavy atom. The number of hydrogen-bond donors (Lipinski definition) is 1. The molecule has 0 spiro atoms. The molecule has 126 valence electrons. The summed E-state index contributed by atoms with van der Waals surface area (Å²) in [6.07, 6.45) is 0. The van der Waals surface area contributed by atoms with E-state index >= 15 is 0 Å². The lowest BCUT2D eigenvalue weighted by Gasteiger charge is -2.19. The molecule has 25 heavy (non-hydrogen) atoms. The molecule has 1 unspecified atom stereocenters. The molecule has 1 saturated heterocycles. The molecule has 1 aliphatic rings. The maximum atomic E-state index is 12.5. The van der Waals surface area contributed by atoms with Crippen LogP contribution in [-0.2, 0) is 9.54 Å². The maximum absolute atomic E-state index is 12.5. The van der Waals surface area contributed by atoms with Crippen molar-refractivity contribution in [2.75, 3.05) is 0 Å². The van der Waals surface area contributed by atoms with Crippen LogP contribution >= 0.6 is 23.4 Å². The summed E-state index contributed by atoms with van der Waals surface area (Å²) in [5.74, 6) is -0.118. The van der Waals surface area contributed by atoms with Gasteiger partial charge in [-0.2, -0.15) is 5.26 Å². The number of benzene rings is 2. The van der Waals surface area contributed by atoms with Crippen LogP contribution in [0.25, 0.3) is 0 Å². The lowest BCUT2D eigenvalue weighted by Crippen LogP contribution is -2.31. The minimum Gasteiger partial charge on any atom is -0.304 e. The van der Waals surface area contributed by atoms with Gasteiger partial charge in [0.15, 0.2) is 5.17 Å². The second kappa shape index (κ2) is 6.91. The van der Waals surface area contributed by atoms with E-state index in [-0.39, 0.29) is 11.9 Å². The minimum atomic E-state index is -0.771. The highest BCUT2D eigenvalue weighted by Gasteiger charge is 2.44. The molecule has 0 aliphatic carbocycles. The fraction of sp³-hybridized carbons (Fsp3) is 0.211. The number of nitriles is 1. The second-order valence-electron chi connectivity index (χ2n) is 5.91. The van der Waals surface area contributed by atoms with Gasteiger partial charge in [0.2, 0.25) is 5.91 Å². The highest BCUT2D eigenvalue weighted by atomic mass is 35.5. The van der Waals surface area contributed by atoms with Gasteiger partial charge in [0.25, 0.3) is 0 Å². The number of thioether (sulfide) groups is 1. The summed E-state index contributed by atoms with van der Waals surface area (Å²) in [6, 6.07) is 16.5. The van der Waals surface area contributed by atoms with Crippen molar-refractivity contribution in [1.29, 1.82) is 5.26 Å². The molecule has 3 rings (SSSR count). The lowest BCUT2D eigenvalue weighted by atomic mass is 9.98. The molecule has 2 aromatic carbocycles. The average molecular weight is 370 g/mol. The van der Waals surface area contributed by atoms with Crippen LogP contribution in [0.5, 0.6) is 0 Å². The molecule has 2 atom stereocenters. The number of amides is 1. The van der Waals surface area contributed by atoms with Gasteiger partial charge in [0.1, 0.15) is 4.75 Å². The van der Waals surface area contributed by atoms with Gasteiger partial charge in [-0.1, -0.05) is 53.7 Å². The van der Waals surface area contributed by atoms with Crippen molar-refractivity contribution in [2.45, 2.75) is 24.6 Å². The first kappa shape index (κ1) is 17.5. The Kier molecular flexibility index (Phi) is 4.85. The Balaban J connectivity index is 1.86. The Labute approximate surface area is 155 Å². The highest BCUT2D eigenvalue weighted by molar-refractivity contribution is 8.15. The summed E-state index contributed by atoms with van der Waals surface area (Å²) in [5.41, 5.74) is 2.32. The van der Waals surface area contributed by atoms with Crippen molar-refractivity contribution in [3.8, 4) is 6.07 Å².